The molecule has 9 aromatic rings. The molecule has 3 aliphatic rings. The van der Waals surface area contributed by atoms with Crippen LogP contribution in [0, 0.1) is 0 Å². The number of carbonyl (C=O) groups excluding carboxylic acids is 1. The number of aliphatic hydroxyl groups excluding tert-OH is 1. The van der Waals surface area contributed by atoms with Gasteiger partial charge >= 0.3 is 5.97 Å². The summed E-state index contributed by atoms with van der Waals surface area (Å²) in [6, 6.07) is 88.3. The van der Waals surface area contributed by atoms with E-state index in [-0.39, 0.29) is 79.3 Å². The fourth-order valence-corrected chi connectivity index (χ4v) is 12.5. The molecule has 17 heteroatoms. The molecular formula is C83H88O17. The lowest BCUT2D eigenvalue weighted by atomic mass is 9.95. The van der Waals surface area contributed by atoms with Gasteiger partial charge in [0.05, 0.1) is 72.7 Å². The number of aliphatic hydroxyl groups is 1. The number of carbonyl (C=O) groups is 1. The van der Waals surface area contributed by atoms with Gasteiger partial charge in [0.1, 0.15) is 79.9 Å². The lowest BCUT2D eigenvalue weighted by Crippen LogP contribution is -2.67. The first-order valence-corrected chi connectivity index (χ1v) is 34.2. The van der Waals surface area contributed by atoms with Gasteiger partial charge in [-0.15, -0.1) is 0 Å². The molecule has 17 nitrogen and oxygen atoms in total. The van der Waals surface area contributed by atoms with E-state index in [1.807, 2.05) is 273 Å². The second-order valence-corrected chi connectivity index (χ2v) is 25.0. The zero-order valence-corrected chi connectivity index (χ0v) is 56.1. The summed E-state index contributed by atoms with van der Waals surface area (Å²) in [6.07, 6.45) is -16.4. The molecule has 522 valence electrons. The third kappa shape index (κ3) is 21.0. The Labute approximate surface area is 585 Å². The van der Waals surface area contributed by atoms with Gasteiger partial charge in [0.2, 0.25) is 0 Å². The molecule has 0 aromatic heterocycles. The first-order valence-electron chi connectivity index (χ1n) is 34.2. The second-order valence-electron chi connectivity index (χ2n) is 25.0. The van der Waals surface area contributed by atoms with Crippen molar-refractivity contribution in [1.29, 1.82) is 0 Å². The van der Waals surface area contributed by atoms with E-state index in [0.717, 1.165) is 50.1 Å². The van der Waals surface area contributed by atoms with Gasteiger partial charge in [-0.2, -0.15) is 0 Å². The molecule has 1 N–H and O–H groups in total. The monoisotopic (exact) mass is 1360 g/mol. The number of esters is 1. The van der Waals surface area contributed by atoms with Gasteiger partial charge in [-0.05, 0) is 50.1 Å². The van der Waals surface area contributed by atoms with Gasteiger partial charge in [-0.25, -0.2) is 0 Å². The summed E-state index contributed by atoms with van der Waals surface area (Å²) in [4.78, 5) is 13.0. The van der Waals surface area contributed by atoms with E-state index in [0.29, 0.717) is 0 Å². The number of benzene rings is 9. The average Bonchev–Trinajstić information content (AvgIpc) is 0.773. The van der Waals surface area contributed by atoms with E-state index in [9.17, 15) is 9.90 Å². The van der Waals surface area contributed by atoms with Crippen molar-refractivity contribution in [3.63, 3.8) is 0 Å². The van der Waals surface area contributed by atoms with Crippen LogP contribution in [0.4, 0.5) is 0 Å². The largest absolute Gasteiger partial charge is 0.463 e. The Balaban J connectivity index is 0.961. The number of hydrogen-bond acceptors (Lipinski definition) is 17. The minimum atomic E-state index is -1.54. The maximum Gasteiger partial charge on any atom is 0.302 e. The van der Waals surface area contributed by atoms with Gasteiger partial charge in [-0.1, -0.05) is 273 Å². The van der Waals surface area contributed by atoms with Crippen LogP contribution in [0.3, 0.4) is 0 Å². The van der Waals surface area contributed by atoms with Gasteiger partial charge < -0.3 is 76.2 Å². The van der Waals surface area contributed by atoms with Crippen LogP contribution in [0.15, 0.2) is 273 Å². The Morgan fingerprint density at radius 3 is 0.880 bits per heavy atom. The van der Waals surface area contributed by atoms with E-state index < -0.39 is 98.1 Å². The van der Waals surface area contributed by atoms with Gasteiger partial charge in [0.25, 0.3) is 0 Å². The van der Waals surface area contributed by atoms with Crippen molar-refractivity contribution in [2.24, 2.45) is 0 Å². The molecule has 9 aromatic carbocycles. The normalized spacial score (nSPS) is 25.2. The predicted molar refractivity (Wildman–Crippen MR) is 372 cm³/mol. The van der Waals surface area contributed by atoms with E-state index in [1.54, 1.807) is 0 Å². The fourth-order valence-electron chi connectivity index (χ4n) is 12.5. The summed E-state index contributed by atoms with van der Waals surface area (Å²) in [7, 11) is 0. The van der Waals surface area contributed by atoms with Crippen molar-refractivity contribution in [1.82, 2.24) is 0 Å². The Kier molecular flexibility index (Phi) is 27.3. The quantitative estimate of drug-likeness (QED) is 0.0371. The molecule has 3 saturated heterocycles. The minimum absolute atomic E-state index is 0.00640. The first-order chi connectivity index (χ1) is 49.3. The third-order valence-electron chi connectivity index (χ3n) is 17.6. The maximum absolute atomic E-state index is 13.0. The molecule has 15 atom stereocenters. The average molecular weight is 1360 g/mol. The summed E-state index contributed by atoms with van der Waals surface area (Å²) < 4.78 is 105. The van der Waals surface area contributed by atoms with Crippen LogP contribution < -0.4 is 0 Å². The molecule has 0 radical (unpaired) electrons. The molecule has 3 fully saturated rings. The summed E-state index contributed by atoms with van der Waals surface area (Å²) in [5, 5.41) is 12.4. The van der Waals surface area contributed by atoms with Gasteiger partial charge in [0.15, 0.2) is 18.9 Å². The Hall–Kier alpha value is -8.15. The summed E-state index contributed by atoms with van der Waals surface area (Å²) in [5.74, 6) is -0.530. The number of hydrogen-bond donors (Lipinski definition) is 1. The summed E-state index contributed by atoms with van der Waals surface area (Å²) in [6.45, 7) is 2.11. The standard InChI is InChI=1S/C83H88O17/c1-59(84)87-57-71-74(90-50-63-35-17-5-18-36-63)76(92-52-65-39-21-7-22-40-65)79(95-55-68-45-27-10-28-46-68)83(99-71)100-80-77(93-53-66-41-23-8-24-42-66)72(88-48-61-31-13-3-14-32-61)69(56-86-47-60-29-11-2-12-30-60)98-82(80)96-58-70-73(89-49-62-33-15-4-16-34-62)75(91-51-64-37-19-6-20-38-64)78(81(85)97-70)94-54-67-43-25-9-26-44-67/h2-46,69-83,85H,47-58H2,1H3/t69-,70-,71-,72-,73-,74-,75+,76+,77+,78+,79+,80+,81+,82+,83-/m1/s1. The van der Waals surface area contributed by atoms with Crippen molar-refractivity contribution in [3.8, 4) is 0 Å². The Morgan fingerprint density at radius 1 is 0.280 bits per heavy atom. The first kappa shape index (κ1) is 71.7. The third-order valence-corrected chi connectivity index (χ3v) is 17.6. The highest BCUT2D eigenvalue weighted by molar-refractivity contribution is 5.65. The van der Waals surface area contributed by atoms with Crippen LogP contribution in [0.25, 0.3) is 0 Å². The van der Waals surface area contributed by atoms with Crippen LogP contribution in [0.2, 0.25) is 0 Å². The lowest BCUT2D eigenvalue weighted by molar-refractivity contribution is -0.387. The van der Waals surface area contributed by atoms with E-state index in [1.165, 1.54) is 6.92 Å². The molecule has 0 spiro atoms. The highest BCUT2D eigenvalue weighted by Gasteiger charge is 2.56. The fraction of sp³-hybridized carbons (Fsp3) is 0.337. The van der Waals surface area contributed by atoms with E-state index in [2.05, 4.69) is 0 Å². The number of rotatable bonds is 35. The van der Waals surface area contributed by atoms with Gasteiger partial charge in [0, 0.05) is 6.92 Å². The molecule has 0 unspecified atom stereocenters. The zero-order valence-electron chi connectivity index (χ0n) is 56.1. The zero-order chi connectivity index (χ0) is 68.3. The van der Waals surface area contributed by atoms with Crippen molar-refractivity contribution in [3.05, 3.63) is 323 Å². The van der Waals surface area contributed by atoms with E-state index in [4.69, 9.17) is 71.1 Å². The Bertz CT molecular complexity index is 3730. The summed E-state index contributed by atoms with van der Waals surface area (Å²) >= 11 is 0. The SMILES string of the molecule is CC(=O)OC[C@H]1O[C@H](O[C@@H]2[C@@H](OC[C@H]3O[C@H](O)[C@@H](OCc4ccccc4)[C@@H](OCc4ccccc4)[C@@H]3OCc3ccccc3)O[C@H](COCc3ccccc3)[C@@H](OCc3ccccc3)[C@@H]2OCc2ccccc2)[C@@H](OCc2ccccc2)[C@@H](OCc2ccccc2)[C@@H]1OCc1ccccc1. The van der Waals surface area contributed by atoms with Crippen molar-refractivity contribution < 1.29 is 81.0 Å². The van der Waals surface area contributed by atoms with Crippen LogP contribution in [0.5, 0.6) is 0 Å². The molecule has 3 heterocycles. The molecule has 0 amide bonds. The van der Waals surface area contributed by atoms with Crippen molar-refractivity contribution >= 4 is 5.97 Å². The van der Waals surface area contributed by atoms with Crippen LogP contribution in [-0.2, 0) is 135 Å². The highest BCUT2D eigenvalue weighted by Crippen LogP contribution is 2.39. The molecule has 100 heavy (non-hydrogen) atoms. The summed E-state index contributed by atoms with van der Waals surface area (Å²) in [5.41, 5.74) is 8.03. The van der Waals surface area contributed by atoms with E-state index >= 15 is 0 Å². The minimum Gasteiger partial charge on any atom is -0.463 e. The predicted octanol–water partition coefficient (Wildman–Crippen LogP) is 13.0. The highest BCUT2D eigenvalue weighted by atomic mass is 16.8. The van der Waals surface area contributed by atoms with Crippen molar-refractivity contribution in [2.45, 2.75) is 159 Å². The molecule has 3 aliphatic heterocycles. The molecule has 0 aliphatic carbocycles. The molecular weight excluding hydrogens is 1270 g/mol. The Morgan fingerprint density at radius 2 is 0.540 bits per heavy atom. The maximum atomic E-state index is 13.0. The van der Waals surface area contributed by atoms with Crippen molar-refractivity contribution in [2.75, 3.05) is 19.8 Å². The van der Waals surface area contributed by atoms with Crippen LogP contribution in [0.1, 0.15) is 57.0 Å². The van der Waals surface area contributed by atoms with Crippen LogP contribution in [-0.4, -0.2) is 123 Å². The number of ether oxygens (including phenoxy) is 15. The molecule has 12 rings (SSSR count). The molecule has 0 saturated carbocycles. The van der Waals surface area contributed by atoms with Crippen LogP contribution >= 0.6 is 0 Å². The molecule has 0 bridgehead atoms. The second kappa shape index (κ2) is 38.0. The smallest absolute Gasteiger partial charge is 0.302 e. The topological polar surface area (TPSA) is 176 Å². The lowest BCUT2D eigenvalue weighted by Gasteiger charge is -2.50. The van der Waals surface area contributed by atoms with Gasteiger partial charge in [-0.3, -0.25) is 4.79 Å².